The average molecular weight is 596 g/mol. The number of amides is 2. The molecule has 1 fully saturated rings. The summed E-state index contributed by atoms with van der Waals surface area (Å²) in [6.07, 6.45) is -6.18. The minimum atomic E-state index is -4.64. The third kappa shape index (κ3) is 7.75. The number of nitrogens with zero attached hydrogens (tertiary/aromatic N) is 2. The molecule has 214 valence electrons. The van der Waals surface area contributed by atoms with Gasteiger partial charge in [-0.3, -0.25) is 9.59 Å². The highest BCUT2D eigenvalue weighted by Gasteiger charge is 2.30. The smallest absolute Gasteiger partial charge is 0.390 e. The Balaban J connectivity index is 1.31. The number of thiophene rings is 1. The lowest BCUT2D eigenvalue weighted by atomic mass is 10.1. The molecular formula is C27H28F3N3O5S2. The van der Waals surface area contributed by atoms with E-state index in [0.29, 0.717) is 37.7 Å². The summed E-state index contributed by atoms with van der Waals surface area (Å²) < 4.78 is 67.8. The number of halogens is 3. The number of carbonyl (C=O) groups excluding carboxylic acids is 2. The van der Waals surface area contributed by atoms with Crippen LogP contribution in [0.3, 0.4) is 0 Å². The van der Waals surface area contributed by atoms with Crippen LogP contribution in [0.2, 0.25) is 0 Å². The second-order valence-corrected chi connectivity index (χ2v) is 11.9. The van der Waals surface area contributed by atoms with Gasteiger partial charge in [0.15, 0.2) is 0 Å². The summed E-state index contributed by atoms with van der Waals surface area (Å²) in [7, 11) is -4.42. The van der Waals surface area contributed by atoms with Crippen molar-refractivity contribution < 1.29 is 35.9 Å². The Morgan fingerprint density at radius 1 is 1.00 bits per heavy atom. The monoisotopic (exact) mass is 595 g/mol. The van der Waals surface area contributed by atoms with Gasteiger partial charge in [0.05, 0.1) is 23.7 Å². The minimum absolute atomic E-state index is 0.00782. The van der Waals surface area contributed by atoms with Crippen molar-refractivity contribution in [2.24, 2.45) is 0 Å². The molecule has 0 spiro atoms. The maximum absolute atomic E-state index is 13.1. The standard InChI is InChI=1S/C27H28F3N3O5S2/c1-2-38-23-5-3-4-20(16-23)21-17-24(39-18-21)26(35)33-13-11-32(12-14-33)22-8-6-19(7-9-22)25(34)31-40(36,37)15-10-27(28,29)30/h3-9,16-18H,2,10-15H2,1H3,(H,31,34). The number of hydrogen-bond acceptors (Lipinski definition) is 7. The summed E-state index contributed by atoms with van der Waals surface area (Å²) in [5, 5.41) is 1.95. The van der Waals surface area contributed by atoms with Crippen LogP contribution in [0.5, 0.6) is 5.75 Å². The molecule has 0 atom stereocenters. The van der Waals surface area contributed by atoms with Crippen molar-refractivity contribution in [3.63, 3.8) is 0 Å². The Kier molecular flexibility index (Phi) is 9.04. The molecule has 0 unspecified atom stereocenters. The van der Waals surface area contributed by atoms with Crippen LogP contribution in [0.25, 0.3) is 11.1 Å². The molecule has 40 heavy (non-hydrogen) atoms. The Morgan fingerprint density at radius 3 is 2.35 bits per heavy atom. The first-order valence-corrected chi connectivity index (χ1v) is 15.0. The van der Waals surface area contributed by atoms with Gasteiger partial charge in [0.25, 0.3) is 11.8 Å². The van der Waals surface area contributed by atoms with E-state index in [9.17, 15) is 31.2 Å². The number of piperazine rings is 1. The van der Waals surface area contributed by atoms with E-state index in [0.717, 1.165) is 22.6 Å². The first kappa shape index (κ1) is 29.4. The number of rotatable bonds is 9. The molecule has 1 aliphatic rings. The molecule has 4 rings (SSSR count). The molecule has 13 heteroatoms. The second kappa shape index (κ2) is 12.3. The second-order valence-electron chi connectivity index (χ2n) is 9.10. The Hall–Kier alpha value is -3.58. The Bertz CT molecular complexity index is 1450. The zero-order valence-corrected chi connectivity index (χ0v) is 23.2. The quantitative estimate of drug-likeness (QED) is 0.382. The van der Waals surface area contributed by atoms with Gasteiger partial charge in [-0.15, -0.1) is 11.3 Å². The van der Waals surface area contributed by atoms with Gasteiger partial charge in [0, 0.05) is 37.4 Å². The molecule has 2 aromatic carbocycles. The van der Waals surface area contributed by atoms with E-state index in [2.05, 4.69) is 0 Å². The van der Waals surface area contributed by atoms with Gasteiger partial charge < -0.3 is 14.5 Å². The van der Waals surface area contributed by atoms with E-state index < -0.39 is 34.3 Å². The van der Waals surface area contributed by atoms with E-state index in [1.54, 1.807) is 21.8 Å². The first-order chi connectivity index (χ1) is 18.9. The molecule has 8 nitrogen and oxygen atoms in total. The highest BCUT2D eigenvalue weighted by Crippen LogP contribution is 2.29. The fourth-order valence-corrected chi connectivity index (χ4v) is 6.07. The van der Waals surface area contributed by atoms with Crippen LogP contribution >= 0.6 is 11.3 Å². The van der Waals surface area contributed by atoms with Crippen molar-refractivity contribution in [3.8, 4) is 16.9 Å². The Morgan fingerprint density at radius 2 is 1.70 bits per heavy atom. The van der Waals surface area contributed by atoms with Crippen LogP contribution in [-0.2, 0) is 10.0 Å². The largest absolute Gasteiger partial charge is 0.494 e. The van der Waals surface area contributed by atoms with Crippen molar-refractivity contribution in [2.45, 2.75) is 19.5 Å². The van der Waals surface area contributed by atoms with Gasteiger partial charge in [0.2, 0.25) is 10.0 Å². The summed E-state index contributed by atoms with van der Waals surface area (Å²) in [6.45, 7) is 4.58. The van der Waals surface area contributed by atoms with E-state index in [-0.39, 0.29) is 11.5 Å². The predicted octanol–water partition coefficient (Wildman–Crippen LogP) is 4.79. The summed E-state index contributed by atoms with van der Waals surface area (Å²) in [6, 6.07) is 15.7. The predicted molar refractivity (Wildman–Crippen MR) is 147 cm³/mol. The lowest BCUT2D eigenvalue weighted by molar-refractivity contribution is -0.130. The van der Waals surface area contributed by atoms with Crippen LogP contribution < -0.4 is 14.4 Å². The number of carbonyl (C=O) groups is 2. The lowest BCUT2D eigenvalue weighted by Crippen LogP contribution is -2.48. The van der Waals surface area contributed by atoms with E-state index in [4.69, 9.17) is 4.74 Å². The first-order valence-electron chi connectivity index (χ1n) is 12.5. The number of hydrogen-bond donors (Lipinski definition) is 1. The highest BCUT2D eigenvalue weighted by molar-refractivity contribution is 7.90. The molecule has 0 bridgehead atoms. The Labute approximate surface area is 234 Å². The third-order valence-electron chi connectivity index (χ3n) is 6.25. The molecule has 2 heterocycles. The molecule has 2 amide bonds. The average Bonchev–Trinajstić information content (AvgIpc) is 3.42. The molecule has 1 aromatic heterocycles. The molecule has 0 saturated carbocycles. The van der Waals surface area contributed by atoms with Gasteiger partial charge in [-0.2, -0.15) is 13.2 Å². The van der Waals surface area contributed by atoms with Gasteiger partial charge in [-0.05, 0) is 65.9 Å². The minimum Gasteiger partial charge on any atom is -0.494 e. The SMILES string of the molecule is CCOc1cccc(-c2csc(C(=O)N3CCN(c4ccc(C(=O)NS(=O)(=O)CCC(F)(F)F)cc4)CC3)c2)c1. The summed E-state index contributed by atoms with van der Waals surface area (Å²) >= 11 is 1.39. The molecule has 1 N–H and O–H groups in total. The maximum Gasteiger partial charge on any atom is 0.390 e. The van der Waals surface area contributed by atoms with Crippen molar-refractivity contribution in [1.82, 2.24) is 9.62 Å². The van der Waals surface area contributed by atoms with Gasteiger partial charge in [-0.25, -0.2) is 13.1 Å². The summed E-state index contributed by atoms with van der Waals surface area (Å²) in [5.74, 6) is -1.49. The zero-order valence-electron chi connectivity index (χ0n) is 21.6. The highest BCUT2D eigenvalue weighted by atomic mass is 32.2. The normalized spacial score (nSPS) is 14.2. The van der Waals surface area contributed by atoms with Crippen molar-refractivity contribution in [2.75, 3.05) is 43.4 Å². The maximum atomic E-state index is 13.1. The lowest BCUT2D eigenvalue weighted by Gasteiger charge is -2.36. The van der Waals surface area contributed by atoms with Crippen molar-refractivity contribution >= 4 is 38.9 Å². The molecule has 3 aromatic rings. The number of nitrogens with one attached hydrogen (secondary N) is 1. The van der Waals surface area contributed by atoms with Crippen LogP contribution in [-0.4, -0.2) is 69.8 Å². The molecule has 1 saturated heterocycles. The number of ether oxygens (including phenoxy) is 1. The van der Waals surface area contributed by atoms with Crippen LogP contribution in [0.1, 0.15) is 33.4 Å². The number of anilines is 1. The topological polar surface area (TPSA) is 96.0 Å². The van der Waals surface area contributed by atoms with E-state index >= 15 is 0 Å². The fraction of sp³-hybridized carbons (Fsp3) is 0.333. The van der Waals surface area contributed by atoms with Crippen molar-refractivity contribution in [1.29, 1.82) is 0 Å². The number of alkyl halides is 3. The van der Waals surface area contributed by atoms with E-state index in [1.807, 2.05) is 47.5 Å². The number of benzene rings is 2. The zero-order chi connectivity index (χ0) is 28.9. The summed E-state index contributed by atoms with van der Waals surface area (Å²) in [4.78, 5) is 29.8. The van der Waals surface area contributed by atoms with Crippen molar-refractivity contribution in [3.05, 3.63) is 70.4 Å². The van der Waals surface area contributed by atoms with Gasteiger partial charge in [0.1, 0.15) is 5.75 Å². The van der Waals surface area contributed by atoms with Crippen LogP contribution in [0.15, 0.2) is 60.0 Å². The van der Waals surface area contributed by atoms with Crippen LogP contribution in [0.4, 0.5) is 18.9 Å². The van der Waals surface area contributed by atoms with Gasteiger partial charge in [-0.1, -0.05) is 12.1 Å². The summed E-state index contributed by atoms with van der Waals surface area (Å²) in [5.41, 5.74) is 2.71. The van der Waals surface area contributed by atoms with Crippen LogP contribution in [0, 0.1) is 0 Å². The number of sulfonamides is 1. The fourth-order valence-electron chi connectivity index (χ4n) is 4.18. The molecular weight excluding hydrogens is 567 g/mol. The molecule has 0 radical (unpaired) electrons. The molecule has 1 aliphatic heterocycles. The van der Waals surface area contributed by atoms with E-state index in [1.165, 1.54) is 23.5 Å². The third-order valence-corrected chi connectivity index (χ3v) is 8.41. The molecule has 0 aliphatic carbocycles. The van der Waals surface area contributed by atoms with Gasteiger partial charge >= 0.3 is 6.18 Å².